The smallest absolute Gasteiger partial charge is 0.175 e. The number of pyridine rings is 1. The number of H-pyrrole nitrogens is 1. The predicted molar refractivity (Wildman–Crippen MR) is 101 cm³/mol. The van der Waals surface area contributed by atoms with Gasteiger partial charge >= 0.3 is 0 Å². The van der Waals surface area contributed by atoms with E-state index < -0.39 is 5.82 Å². The molecule has 0 saturated carbocycles. The second-order valence-corrected chi connectivity index (χ2v) is 6.03. The minimum absolute atomic E-state index is 0.0133. The molecule has 0 aliphatic rings. The van der Waals surface area contributed by atoms with Crippen molar-refractivity contribution >= 4 is 21.8 Å². The van der Waals surface area contributed by atoms with Gasteiger partial charge < -0.3 is 19.2 Å². The average Bonchev–Trinajstić information content (AvgIpc) is 3.05. The number of nitrogens with one attached hydrogen (secondary N) is 1. The van der Waals surface area contributed by atoms with Crippen molar-refractivity contribution in [2.24, 2.45) is 5.73 Å². The summed E-state index contributed by atoms with van der Waals surface area (Å²) < 4.78 is 31.5. The van der Waals surface area contributed by atoms with Crippen molar-refractivity contribution in [2.45, 2.75) is 6.92 Å². The van der Waals surface area contributed by atoms with Crippen LogP contribution in [0.5, 0.6) is 23.0 Å². The molecule has 2 heterocycles. The van der Waals surface area contributed by atoms with Crippen molar-refractivity contribution in [1.29, 1.82) is 0 Å². The van der Waals surface area contributed by atoms with Crippen LogP contribution in [0.25, 0.3) is 21.8 Å². The summed E-state index contributed by atoms with van der Waals surface area (Å²) in [5, 5.41) is 1.16. The fraction of sp³-hybridized carbons (Fsp3) is 0.150. The zero-order chi connectivity index (χ0) is 19.0. The number of aryl methyl sites for hydroxylation is 1. The first-order valence-corrected chi connectivity index (χ1v) is 8.36. The lowest BCUT2D eigenvalue weighted by atomic mass is 10.1. The monoisotopic (exact) mass is 367 g/mol. The van der Waals surface area contributed by atoms with E-state index in [2.05, 4.69) is 9.97 Å². The highest BCUT2D eigenvalue weighted by Crippen LogP contribution is 2.38. The maximum Gasteiger partial charge on any atom is 0.175 e. The molecule has 4 aromatic rings. The minimum atomic E-state index is -0.420. The van der Waals surface area contributed by atoms with Gasteiger partial charge in [-0.25, -0.2) is 4.39 Å². The number of rotatable bonds is 5. The van der Waals surface area contributed by atoms with Crippen LogP contribution in [0, 0.1) is 12.7 Å². The van der Waals surface area contributed by atoms with E-state index in [1.54, 1.807) is 42.6 Å². The van der Waals surface area contributed by atoms with Crippen molar-refractivity contribution in [3.8, 4) is 23.0 Å². The molecule has 0 unspecified atom stereocenters. The van der Waals surface area contributed by atoms with Crippen LogP contribution in [0.4, 0.5) is 4.39 Å². The van der Waals surface area contributed by atoms with Crippen LogP contribution >= 0.6 is 0 Å². The number of nitrogens with two attached hydrogens (primary N) is 1. The third-order valence-electron chi connectivity index (χ3n) is 4.28. The number of ether oxygens (including phenoxy) is 3. The molecule has 0 aliphatic carbocycles. The largest absolute Gasteiger partial charge is 0.493 e. The number of methoxy groups -OCH3 is 1. The van der Waals surface area contributed by atoms with Gasteiger partial charge in [0.15, 0.2) is 23.1 Å². The van der Waals surface area contributed by atoms with E-state index in [1.165, 1.54) is 7.11 Å². The molecule has 0 bridgehead atoms. The first-order valence-electron chi connectivity index (χ1n) is 8.36. The van der Waals surface area contributed by atoms with Gasteiger partial charge in [0, 0.05) is 34.2 Å². The summed E-state index contributed by atoms with van der Waals surface area (Å²) >= 11 is 0. The Labute approximate surface area is 154 Å². The van der Waals surface area contributed by atoms with Crippen molar-refractivity contribution in [3.63, 3.8) is 0 Å². The summed E-state index contributed by atoms with van der Waals surface area (Å²) in [6.07, 6.45) is 1.59. The molecule has 6 nitrogen and oxygen atoms in total. The number of benzene rings is 2. The standard InChI is InChI=1S/C20H18FN3O3/c1-11-7-13-14(24-11)3-4-17(20(13)21)27-16-5-6-23-15-9-19(26-10-22)18(25-2)8-12(15)16/h3-9,24H,10,22H2,1-2H3. The van der Waals surface area contributed by atoms with Gasteiger partial charge in [-0.05, 0) is 37.3 Å². The highest BCUT2D eigenvalue weighted by molar-refractivity contribution is 5.89. The van der Waals surface area contributed by atoms with Crippen molar-refractivity contribution < 1.29 is 18.6 Å². The first kappa shape index (κ1) is 17.1. The van der Waals surface area contributed by atoms with E-state index in [0.717, 1.165) is 11.2 Å². The van der Waals surface area contributed by atoms with E-state index in [9.17, 15) is 4.39 Å². The average molecular weight is 367 g/mol. The van der Waals surface area contributed by atoms with Gasteiger partial charge in [-0.15, -0.1) is 0 Å². The summed E-state index contributed by atoms with van der Waals surface area (Å²) in [4.78, 5) is 7.43. The molecular formula is C20H18FN3O3. The quantitative estimate of drug-likeness (QED) is 0.515. The van der Waals surface area contributed by atoms with Gasteiger partial charge in [0.2, 0.25) is 0 Å². The number of aromatic nitrogens is 2. The summed E-state index contributed by atoms with van der Waals surface area (Å²) in [6, 6.07) is 10.3. The Bertz CT molecular complexity index is 1140. The first-order chi connectivity index (χ1) is 13.1. The Balaban J connectivity index is 1.81. The predicted octanol–water partition coefficient (Wildman–Crippen LogP) is 4.26. The fourth-order valence-corrected chi connectivity index (χ4v) is 3.06. The third-order valence-corrected chi connectivity index (χ3v) is 4.28. The molecule has 0 fully saturated rings. The van der Waals surface area contributed by atoms with Crippen molar-refractivity contribution in [3.05, 3.63) is 54.1 Å². The van der Waals surface area contributed by atoms with Gasteiger partial charge in [-0.1, -0.05) is 0 Å². The van der Waals surface area contributed by atoms with Gasteiger partial charge in [-0.2, -0.15) is 0 Å². The van der Waals surface area contributed by atoms with Crippen LogP contribution in [0.15, 0.2) is 42.6 Å². The Hall–Kier alpha value is -3.32. The molecule has 0 aliphatic heterocycles. The molecule has 27 heavy (non-hydrogen) atoms. The highest BCUT2D eigenvalue weighted by atomic mass is 19.1. The number of halogens is 1. The molecule has 0 amide bonds. The molecule has 0 saturated heterocycles. The lowest BCUT2D eigenvalue weighted by Crippen LogP contribution is -2.08. The van der Waals surface area contributed by atoms with E-state index >= 15 is 0 Å². The molecular weight excluding hydrogens is 349 g/mol. The molecule has 0 atom stereocenters. The van der Waals surface area contributed by atoms with E-state index in [1.807, 2.05) is 6.92 Å². The van der Waals surface area contributed by atoms with E-state index in [-0.39, 0.29) is 12.5 Å². The lowest BCUT2D eigenvalue weighted by molar-refractivity contribution is 0.304. The van der Waals surface area contributed by atoms with Gasteiger partial charge in [0.1, 0.15) is 12.5 Å². The van der Waals surface area contributed by atoms with Crippen LogP contribution in [-0.4, -0.2) is 23.8 Å². The maximum absolute atomic E-state index is 14.9. The molecule has 0 radical (unpaired) electrons. The number of fused-ring (bicyclic) bond motifs is 2. The topological polar surface area (TPSA) is 82.4 Å². The molecule has 7 heteroatoms. The van der Waals surface area contributed by atoms with Crippen molar-refractivity contribution in [1.82, 2.24) is 9.97 Å². The number of aromatic amines is 1. The number of nitrogens with zero attached hydrogens (tertiary/aromatic N) is 1. The Morgan fingerprint density at radius 1 is 1.04 bits per heavy atom. The maximum atomic E-state index is 14.9. The SMILES string of the molecule is COc1cc2c(Oc3ccc4[nH]c(C)cc4c3F)ccnc2cc1OCN. The van der Waals surface area contributed by atoms with Crippen molar-refractivity contribution in [2.75, 3.05) is 13.8 Å². The minimum Gasteiger partial charge on any atom is -0.493 e. The summed E-state index contributed by atoms with van der Waals surface area (Å²) in [5.41, 5.74) is 7.68. The van der Waals surface area contributed by atoms with Gasteiger partial charge in [0.05, 0.1) is 12.6 Å². The van der Waals surface area contributed by atoms with Crippen LogP contribution in [0.1, 0.15) is 5.69 Å². The second kappa shape index (κ2) is 6.77. The molecule has 0 spiro atoms. The zero-order valence-electron chi connectivity index (χ0n) is 14.9. The van der Waals surface area contributed by atoms with Crippen LogP contribution in [-0.2, 0) is 0 Å². The molecule has 3 N–H and O–H groups in total. The summed E-state index contributed by atoms with van der Waals surface area (Å²) in [7, 11) is 1.53. The Kier molecular flexibility index (Phi) is 4.29. The zero-order valence-corrected chi connectivity index (χ0v) is 14.9. The molecule has 4 rings (SSSR count). The van der Waals surface area contributed by atoms with Crippen LogP contribution < -0.4 is 19.9 Å². The van der Waals surface area contributed by atoms with Gasteiger partial charge in [0.25, 0.3) is 0 Å². The Morgan fingerprint density at radius 2 is 1.89 bits per heavy atom. The van der Waals surface area contributed by atoms with Crippen LogP contribution in [0.2, 0.25) is 0 Å². The fourth-order valence-electron chi connectivity index (χ4n) is 3.06. The van der Waals surface area contributed by atoms with Crippen LogP contribution in [0.3, 0.4) is 0 Å². The highest BCUT2D eigenvalue weighted by Gasteiger charge is 2.15. The Morgan fingerprint density at radius 3 is 2.67 bits per heavy atom. The second-order valence-electron chi connectivity index (χ2n) is 6.03. The lowest BCUT2D eigenvalue weighted by Gasteiger charge is -2.13. The van der Waals surface area contributed by atoms with E-state index in [4.69, 9.17) is 19.9 Å². The third kappa shape index (κ3) is 3.02. The molecule has 2 aromatic heterocycles. The summed E-state index contributed by atoms with van der Waals surface area (Å²) in [6.45, 7) is 1.89. The number of hydrogen-bond donors (Lipinski definition) is 2. The number of hydrogen-bond acceptors (Lipinski definition) is 5. The molecule has 2 aromatic carbocycles. The van der Waals surface area contributed by atoms with E-state index in [0.29, 0.717) is 33.5 Å². The summed E-state index contributed by atoms with van der Waals surface area (Å²) in [5.74, 6) is 1.14. The molecule has 138 valence electrons. The normalized spacial score (nSPS) is 11.1. The van der Waals surface area contributed by atoms with Gasteiger partial charge in [-0.3, -0.25) is 10.7 Å².